The van der Waals surface area contributed by atoms with Gasteiger partial charge < -0.3 is 19.8 Å². The van der Waals surface area contributed by atoms with Crippen LogP contribution in [0.3, 0.4) is 0 Å². The number of piperazine rings is 1. The topological polar surface area (TPSA) is 131 Å². The van der Waals surface area contributed by atoms with E-state index in [-0.39, 0.29) is 17.4 Å². The zero-order valence-electron chi connectivity index (χ0n) is 23.8. The molecule has 2 aliphatic heterocycles. The highest BCUT2D eigenvalue weighted by Gasteiger charge is 2.37. The standard InChI is InChI=1S/C26H36F3N7O5S/c1-25(7-10-35(11-8-25)24(39)36-9-6-22(30-36)31-42(3,40)41)32(2)17-19-4-5-20(26(27,28)29)16-21(19)33-12-14-34(15-13-33)23(38)18-37/h4-6,9,16,37H,7-8,10-15,17-18H2,1-3H3,(H,30,31). The maximum absolute atomic E-state index is 13.6. The van der Waals surface area contributed by atoms with Crippen LogP contribution in [0.25, 0.3) is 0 Å². The number of halogens is 3. The van der Waals surface area contributed by atoms with Gasteiger partial charge in [-0.2, -0.15) is 17.9 Å². The summed E-state index contributed by atoms with van der Waals surface area (Å²) in [5.41, 5.74) is 0.0796. The maximum atomic E-state index is 13.6. The summed E-state index contributed by atoms with van der Waals surface area (Å²) in [4.78, 5) is 31.9. The molecule has 16 heteroatoms. The van der Waals surface area contributed by atoms with Gasteiger partial charge >= 0.3 is 12.2 Å². The molecule has 0 spiro atoms. The van der Waals surface area contributed by atoms with Gasteiger partial charge in [-0.15, -0.1) is 5.10 Å². The molecule has 2 N–H and O–H groups in total. The fraction of sp³-hybridized carbons (Fsp3) is 0.577. The van der Waals surface area contributed by atoms with Crippen molar-refractivity contribution in [2.45, 2.75) is 38.0 Å². The molecular formula is C26H36F3N7O5S. The summed E-state index contributed by atoms with van der Waals surface area (Å²) in [5, 5.41) is 13.1. The minimum Gasteiger partial charge on any atom is -0.387 e. The van der Waals surface area contributed by atoms with Gasteiger partial charge in [-0.1, -0.05) is 6.07 Å². The normalized spacial score (nSPS) is 18.0. The van der Waals surface area contributed by atoms with Crippen LogP contribution in [0, 0.1) is 0 Å². The van der Waals surface area contributed by atoms with Gasteiger partial charge in [0.05, 0.1) is 11.8 Å². The summed E-state index contributed by atoms with van der Waals surface area (Å²) < 4.78 is 67.0. The third-order valence-corrected chi connectivity index (χ3v) is 8.62. The van der Waals surface area contributed by atoms with Crippen LogP contribution < -0.4 is 9.62 Å². The number of nitrogens with one attached hydrogen (secondary N) is 1. The molecule has 4 rings (SSSR count). The number of likely N-dealkylation sites (tertiary alicyclic amines) is 1. The molecule has 12 nitrogen and oxygen atoms in total. The van der Waals surface area contributed by atoms with Gasteiger partial charge in [0.25, 0.3) is 0 Å². The van der Waals surface area contributed by atoms with Gasteiger partial charge in [0.1, 0.15) is 6.61 Å². The van der Waals surface area contributed by atoms with Crippen molar-refractivity contribution in [2.75, 3.05) is 68.8 Å². The van der Waals surface area contributed by atoms with Crippen LogP contribution >= 0.6 is 0 Å². The predicted octanol–water partition coefficient (Wildman–Crippen LogP) is 1.87. The summed E-state index contributed by atoms with van der Waals surface area (Å²) in [7, 11) is -1.62. The lowest BCUT2D eigenvalue weighted by Gasteiger charge is -2.45. The van der Waals surface area contributed by atoms with Gasteiger partial charge in [0.2, 0.25) is 15.9 Å². The van der Waals surface area contributed by atoms with Crippen LogP contribution in [-0.4, -0.2) is 115 Å². The number of carbonyl (C=O) groups excluding carboxylic acids is 2. The number of sulfonamides is 1. The average molecular weight is 616 g/mol. The van der Waals surface area contributed by atoms with E-state index in [0.29, 0.717) is 64.3 Å². The molecule has 1 aromatic carbocycles. The van der Waals surface area contributed by atoms with Gasteiger partial charge in [-0.25, -0.2) is 13.2 Å². The molecule has 0 saturated carbocycles. The predicted molar refractivity (Wildman–Crippen MR) is 149 cm³/mol. The second kappa shape index (κ2) is 12.1. The van der Waals surface area contributed by atoms with E-state index in [0.717, 1.165) is 28.6 Å². The van der Waals surface area contributed by atoms with Crippen molar-refractivity contribution in [1.82, 2.24) is 24.5 Å². The van der Waals surface area contributed by atoms with E-state index >= 15 is 0 Å². The van der Waals surface area contributed by atoms with Crippen LogP contribution in [0.2, 0.25) is 0 Å². The molecule has 0 unspecified atom stereocenters. The van der Waals surface area contributed by atoms with Crippen molar-refractivity contribution in [3.05, 3.63) is 41.6 Å². The number of aliphatic hydroxyl groups excluding tert-OH is 1. The number of aromatic nitrogens is 2. The molecule has 2 aromatic rings. The second-order valence-corrected chi connectivity index (χ2v) is 12.8. The van der Waals surface area contributed by atoms with E-state index in [9.17, 15) is 31.2 Å². The third-order valence-electron chi connectivity index (χ3n) is 8.04. The smallest absolute Gasteiger partial charge is 0.387 e. The first-order valence-electron chi connectivity index (χ1n) is 13.5. The highest BCUT2D eigenvalue weighted by atomic mass is 32.2. The highest BCUT2D eigenvalue weighted by Crippen LogP contribution is 2.36. The molecule has 0 aliphatic carbocycles. The number of nitrogens with zero attached hydrogens (tertiary/aromatic N) is 6. The number of rotatable bonds is 7. The molecule has 0 bridgehead atoms. The summed E-state index contributed by atoms with van der Waals surface area (Å²) in [6.07, 6.45) is -0.923. The van der Waals surface area contributed by atoms with E-state index in [4.69, 9.17) is 5.11 Å². The molecule has 0 atom stereocenters. The molecule has 2 amide bonds. The van der Waals surface area contributed by atoms with E-state index < -0.39 is 34.3 Å². The zero-order valence-corrected chi connectivity index (χ0v) is 24.6. The van der Waals surface area contributed by atoms with Gasteiger partial charge in [0, 0.05) is 69.3 Å². The number of piperidine rings is 1. The molecule has 2 aliphatic rings. The minimum atomic E-state index is -4.50. The molecule has 2 fully saturated rings. The monoisotopic (exact) mass is 615 g/mol. The molecule has 3 heterocycles. The Morgan fingerprint density at radius 3 is 2.29 bits per heavy atom. The zero-order chi connectivity index (χ0) is 30.9. The molecular weight excluding hydrogens is 579 g/mol. The summed E-state index contributed by atoms with van der Waals surface area (Å²) in [6, 6.07) is 4.76. The SMILES string of the molecule is CN(Cc1ccc(C(F)(F)F)cc1N1CCN(C(=O)CO)CC1)C1(C)CCN(C(=O)n2ccc(NS(C)(=O)=O)n2)CC1. The van der Waals surface area contributed by atoms with Crippen LogP contribution in [0.1, 0.15) is 30.9 Å². The maximum Gasteiger partial charge on any atom is 0.416 e. The van der Waals surface area contributed by atoms with E-state index in [1.54, 1.807) is 4.90 Å². The van der Waals surface area contributed by atoms with Crippen LogP contribution in [0.4, 0.5) is 29.5 Å². The Kier molecular flexibility index (Phi) is 9.08. The molecule has 1 aromatic heterocycles. The van der Waals surface area contributed by atoms with Gasteiger partial charge in [-0.05, 0) is 44.5 Å². The van der Waals surface area contributed by atoms with Crippen molar-refractivity contribution in [3.63, 3.8) is 0 Å². The van der Waals surface area contributed by atoms with E-state index in [1.807, 2.05) is 11.9 Å². The van der Waals surface area contributed by atoms with E-state index in [2.05, 4.69) is 21.6 Å². The lowest BCUT2D eigenvalue weighted by atomic mass is 9.87. The first kappa shape index (κ1) is 31.6. The fourth-order valence-electron chi connectivity index (χ4n) is 5.29. The summed E-state index contributed by atoms with van der Waals surface area (Å²) in [5.74, 6) is -0.365. The van der Waals surface area contributed by atoms with E-state index in [1.165, 1.54) is 23.2 Å². The Hall–Kier alpha value is -3.37. The van der Waals surface area contributed by atoms with Crippen molar-refractivity contribution in [3.8, 4) is 0 Å². The number of hydrogen-bond donors (Lipinski definition) is 2. The summed E-state index contributed by atoms with van der Waals surface area (Å²) in [6.45, 7) is 3.92. The molecule has 232 valence electrons. The average Bonchev–Trinajstić information content (AvgIpc) is 3.39. The lowest BCUT2D eigenvalue weighted by Crippen LogP contribution is -2.53. The van der Waals surface area contributed by atoms with Crippen LogP contribution in [0.15, 0.2) is 30.5 Å². The number of alkyl halides is 3. The Balaban J connectivity index is 1.44. The Labute approximate surface area is 242 Å². The van der Waals surface area contributed by atoms with Crippen molar-refractivity contribution >= 4 is 33.5 Å². The Bertz CT molecular complexity index is 1400. The second-order valence-electron chi connectivity index (χ2n) is 11.0. The van der Waals surface area contributed by atoms with Gasteiger partial charge in [-0.3, -0.25) is 14.4 Å². The number of aliphatic hydroxyl groups is 1. The van der Waals surface area contributed by atoms with Crippen molar-refractivity contribution in [2.24, 2.45) is 0 Å². The first-order chi connectivity index (χ1) is 19.6. The number of hydrogen-bond acceptors (Lipinski definition) is 8. The number of carbonyl (C=O) groups is 2. The highest BCUT2D eigenvalue weighted by molar-refractivity contribution is 7.92. The lowest BCUT2D eigenvalue weighted by molar-refractivity contribution is -0.137. The molecule has 0 radical (unpaired) electrons. The van der Waals surface area contributed by atoms with Crippen molar-refractivity contribution < 1.29 is 36.3 Å². The first-order valence-corrected chi connectivity index (χ1v) is 15.4. The Morgan fingerprint density at radius 2 is 1.71 bits per heavy atom. The van der Waals surface area contributed by atoms with Gasteiger partial charge in [0.15, 0.2) is 5.82 Å². The number of benzene rings is 1. The number of anilines is 2. The minimum absolute atomic E-state index is 0.0428. The molecule has 42 heavy (non-hydrogen) atoms. The van der Waals surface area contributed by atoms with Crippen LogP contribution in [0.5, 0.6) is 0 Å². The summed E-state index contributed by atoms with van der Waals surface area (Å²) >= 11 is 0. The largest absolute Gasteiger partial charge is 0.416 e. The van der Waals surface area contributed by atoms with Crippen LogP contribution in [-0.2, 0) is 27.5 Å². The van der Waals surface area contributed by atoms with Crippen molar-refractivity contribution in [1.29, 1.82) is 0 Å². The quantitative estimate of drug-likeness (QED) is 0.483. The Morgan fingerprint density at radius 1 is 1.07 bits per heavy atom. The molecule has 2 saturated heterocycles. The fourth-order valence-corrected chi connectivity index (χ4v) is 5.78. The third kappa shape index (κ3) is 7.33. The number of amides is 2.